The van der Waals surface area contributed by atoms with E-state index in [-0.39, 0.29) is 11.8 Å². The van der Waals surface area contributed by atoms with Crippen LogP contribution in [0.25, 0.3) is 0 Å². The van der Waals surface area contributed by atoms with E-state index in [0.717, 1.165) is 24.2 Å². The third-order valence-electron chi connectivity index (χ3n) is 6.69. The molecule has 3 aromatic carbocycles. The number of piperazine rings is 1. The number of carbonyl (C=O) groups excluding carboxylic acids is 2. The molecule has 2 heterocycles. The van der Waals surface area contributed by atoms with Crippen LogP contribution < -0.4 is 10.6 Å². The van der Waals surface area contributed by atoms with Crippen molar-refractivity contribution in [3.63, 3.8) is 0 Å². The van der Waals surface area contributed by atoms with Crippen molar-refractivity contribution in [3.8, 4) is 0 Å². The molecule has 180 valence electrons. The minimum atomic E-state index is -1.10. The third kappa shape index (κ3) is 4.74. The molecule has 0 spiro atoms. The van der Waals surface area contributed by atoms with Crippen molar-refractivity contribution in [3.05, 3.63) is 93.5 Å². The summed E-state index contributed by atoms with van der Waals surface area (Å²) in [5.41, 5.74) is 2.55. The number of rotatable bonds is 5. The van der Waals surface area contributed by atoms with E-state index in [1.165, 1.54) is 0 Å². The Hall–Kier alpha value is -3.06. The zero-order chi connectivity index (χ0) is 24.6. The first kappa shape index (κ1) is 23.7. The van der Waals surface area contributed by atoms with Crippen molar-refractivity contribution in [2.24, 2.45) is 0 Å². The van der Waals surface area contributed by atoms with Crippen LogP contribution in [0.2, 0.25) is 10.0 Å². The van der Waals surface area contributed by atoms with E-state index in [9.17, 15) is 9.59 Å². The minimum absolute atomic E-state index is 0.00584. The second kappa shape index (κ2) is 9.53. The van der Waals surface area contributed by atoms with E-state index in [1.807, 2.05) is 53.4 Å². The fraction of sp³-hybridized carbons (Fsp3) is 0.259. The van der Waals surface area contributed by atoms with Crippen molar-refractivity contribution in [1.29, 1.82) is 0 Å². The molecule has 2 aliphatic heterocycles. The zero-order valence-corrected chi connectivity index (χ0v) is 20.9. The van der Waals surface area contributed by atoms with Gasteiger partial charge in [0.1, 0.15) is 5.54 Å². The van der Waals surface area contributed by atoms with Gasteiger partial charge in [-0.1, -0.05) is 47.5 Å². The van der Waals surface area contributed by atoms with E-state index in [4.69, 9.17) is 23.2 Å². The number of halogens is 2. The van der Waals surface area contributed by atoms with E-state index in [2.05, 4.69) is 22.6 Å². The van der Waals surface area contributed by atoms with Gasteiger partial charge in [-0.2, -0.15) is 0 Å². The number of hydrogen-bond donors (Lipinski definition) is 2. The Morgan fingerprint density at radius 1 is 0.971 bits per heavy atom. The molecule has 35 heavy (non-hydrogen) atoms. The fourth-order valence-electron chi connectivity index (χ4n) is 4.81. The van der Waals surface area contributed by atoms with Crippen LogP contribution in [-0.2, 0) is 16.8 Å². The first-order valence-corrected chi connectivity index (χ1v) is 12.3. The van der Waals surface area contributed by atoms with Gasteiger partial charge in [-0.15, -0.1) is 0 Å². The van der Waals surface area contributed by atoms with Gasteiger partial charge < -0.3 is 20.4 Å². The molecule has 1 unspecified atom stereocenters. The Labute approximate surface area is 214 Å². The molecule has 0 saturated carbocycles. The van der Waals surface area contributed by atoms with Crippen LogP contribution in [0.5, 0.6) is 0 Å². The van der Waals surface area contributed by atoms with Crippen LogP contribution in [0.1, 0.15) is 21.5 Å². The molecule has 1 saturated heterocycles. The Balaban J connectivity index is 1.50. The van der Waals surface area contributed by atoms with Crippen LogP contribution in [0.15, 0.2) is 66.7 Å². The predicted molar refractivity (Wildman–Crippen MR) is 140 cm³/mol. The minimum Gasteiger partial charge on any atom is -0.367 e. The molecule has 3 aromatic rings. The van der Waals surface area contributed by atoms with Gasteiger partial charge in [0.25, 0.3) is 11.8 Å². The maximum atomic E-state index is 13.5. The Morgan fingerprint density at radius 2 is 1.71 bits per heavy atom. The summed E-state index contributed by atoms with van der Waals surface area (Å²) in [6.45, 7) is 3.10. The molecular weight excluding hydrogens is 483 g/mol. The zero-order valence-electron chi connectivity index (χ0n) is 19.4. The first-order valence-electron chi connectivity index (χ1n) is 11.6. The third-order valence-corrected chi connectivity index (χ3v) is 7.16. The number of nitrogens with zero attached hydrogens (tertiary/aromatic N) is 2. The Bertz CT molecular complexity index is 1290. The van der Waals surface area contributed by atoms with E-state index in [0.29, 0.717) is 46.5 Å². The lowest BCUT2D eigenvalue weighted by molar-refractivity contribution is -0.119. The highest BCUT2D eigenvalue weighted by Crippen LogP contribution is 2.42. The van der Waals surface area contributed by atoms with Gasteiger partial charge in [-0.05, 0) is 55.1 Å². The predicted octanol–water partition coefficient (Wildman–Crippen LogP) is 4.88. The average molecular weight is 509 g/mol. The Morgan fingerprint density at radius 3 is 2.49 bits per heavy atom. The highest BCUT2D eigenvalue weighted by molar-refractivity contribution is 6.31. The Kier molecular flexibility index (Phi) is 6.45. The van der Waals surface area contributed by atoms with Gasteiger partial charge in [0.05, 0.1) is 0 Å². The summed E-state index contributed by atoms with van der Waals surface area (Å²) in [5, 5.41) is 7.60. The molecule has 6 nitrogen and oxygen atoms in total. The SMILES string of the molecule is CN1CCN(C(=O)c2cccc(NC3(Cc4cccc(Cl)c4)C(=O)Nc4cc(Cl)ccc43)c2)CC1. The smallest absolute Gasteiger partial charge is 0.255 e. The lowest BCUT2D eigenvalue weighted by Crippen LogP contribution is -2.47. The van der Waals surface area contributed by atoms with Gasteiger partial charge >= 0.3 is 0 Å². The van der Waals surface area contributed by atoms with E-state index < -0.39 is 5.54 Å². The normalized spacial score (nSPS) is 19.9. The highest BCUT2D eigenvalue weighted by Gasteiger charge is 2.47. The molecule has 2 amide bonds. The molecule has 0 radical (unpaired) electrons. The van der Waals surface area contributed by atoms with Crippen molar-refractivity contribution < 1.29 is 9.59 Å². The summed E-state index contributed by atoms with van der Waals surface area (Å²) in [6.07, 6.45) is 0.366. The lowest BCUT2D eigenvalue weighted by Gasteiger charge is -2.33. The number of amides is 2. The number of hydrogen-bond acceptors (Lipinski definition) is 4. The average Bonchev–Trinajstić information content (AvgIpc) is 3.09. The van der Waals surface area contributed by atoms with Gasteiger partial charge in [-0.3, -0.25) is 9.59 Å². The molecule has 2 aliphatic rings. The maximum Gasteiger partial charge on any atom is 0.255 e. The largest absolute Gasteiger partial charge is 0.367 e. The number of anilines is 2. The summed E-state index contributed by atoms with van der Waals surface area (Å²) in [7, 11) is 2.06. The summed E-state index contributed by atoms with van der Waals surface area (Å²) in [4.78, 5) is 30.8. The second-order valence-corrected chi connectivity index (χ2v) is 10.0. The van der Waals surface area contributed by atoms with Gasteiger partial charge in [0.15, 0.2) is 0 Å². The molecule has 0 bridgehead atoms. The van der Waals surface area contributed by atoms with Crippen LogP contribution in [0.4, 0.5) is 11.4 Å². The molecule has 1 fully saturated rings. The summed E-state index contributed by atoms with van der Waals surface area (Å²) in [6, 6.07) is 20.2. The molecule has 0 aromatic heterocycles. The van der Waals surface area contributed by atoms with E-state index in [1.54, 1.807) is 18.2 Å². The van der Waals surface area contributed by atoms with Gasteiger partial charge in [-0.25, -0.2) is 0 Å². The number of likely N-dealkylation sites (N-methyl/N-ethyl adjacent to an activating group) is 1. The molecule has 0 aliphatic carbocycles. The quantitative estimate of drug-likeness (QED) is 0.515. The molecular formula is C27H26Cl2N4O2. The van der Waals surface area contributed by atoms with Gasteiger partial charge in [0, 0.05) is 65.1 Å². The van der Waals surface area contributed by atoms with Crippen molar-refractivity contribution in [2.45, 2.75) is 12.0 Å². The fourth-order valence-corrected chi connectivity index (χ4v) is 5.19. The lowest BCUT2D eigenvalue weighted by atomic mass is 9.84. The summed E-state index contributed by atoms with van der Waals surface area (Å²) < 4.78 is 0. The van der Waals surface area contributed by atoms with E-state index >= 15 is 0 Å². The maximum absolute atomic E-state index is 13.5. The standard InChI is InChI=1S/C27H26Cl2N4O2/c1-32-10-12-33(13-11-32)25(34)19-5-3-7-22(15-19)31-27(17-18-4-2-6-20(28)14-18)23-9-8-21(29)16-24(23)30-26(27)35/h2-9,14-16,31H,10-13,17H2,1H3,(H,30,35). The first-order chi connectivity index (χ1) is 16.8. The highest BCUT2D eigenvalue weighted by atomic mass is 35.5. The van der Waals surface area contributed by atoms with Crippen LogP contribution in [0.3, 0.4) is 0 Å². The second-order valence-electron chi connectivity index (χ2n) is 9.16. The van der Waals surface area contributed by atoms with Crippen LogP contribution in [0, 0.1) is 0 Å². The van der Waals surface area contributed by atoms with Gasteiger partial charge in [0.2, 0.25) is 0 Å². The topological polar surface area (TPSA) is 64.7 Å². The van der Waals surface area contributed by atoms with Crippen molar-refractivity contribution >= 4 is 46.4 Å². The number of benzene rings is 3. The monoisotopic (exact) mass is 508 g/mol. The molecule has 8 heteroatoms. The van der Waals surface area contributed by atoms with Crippen molar-refractivity contribution in [1.82, 2.24) is 9.80 Å². The van der Waals surface area contributed by atoms with Crippen LogP contribution in [-0.4, -0.2) is 54.8 Å². The van der Waals surface area contributed by atoms with Crippen molar-refractivity contribution in [2.75, 3.05) is 43.9 Å². The molecule has 2 N–H and O–H groups in total. The summed E-state index contributed by atoms with van der Waals surface area (Å²) in [5.74, 6) is -0.195. The summed E-state index contributed by atoms with van der Waals surface area (Å²) >= 11 is 12.5. The molecule has 1 atom stereocenters. The van der Waals surface area contributed by atoms with Crippen LogP contribution >= 0.6 is 23.2 Å². The molecule has 5 rings (SSSR count). The number of fused-ring (bicyclic) bond motifs is 1. The number of carbonyl (C=O) groups is 2. The number of nitrogens with one attached hydrogen (secondary N) is 2.